The first-order valence-corrected chi connectivity index (χ1v) is 10.9. The van der Waals surface area contributed by atoms with Crippen molar-refractivity contribution >= 4 is 34.0 Å². The Morgan fingerprint density at radius 2 is 2.00 bits per heavy atom. The third-order valence-corrected chi connectivity index (χ3v) is 6.65. The normalized spacial score (nSPS) is 22.9. The van der Waals surface area contributed by atoms with E-state index in [-0.39, 0.29) is 6.04 Å². The molecule has 8 heteroatoms. The predicted molar refractivity (Wildman–Crippen MR) is 121 cm³/mol. The SMILES string of the molecule is CCN1CCN(c2cccc(Cl)c2C2CNC(O)N2c2ccc3nc[nH]c3c2)CC1. The fraction of sp³-hybridized carbons (Fsp3) is 0.409. The second kappa shape index (κ2) is 8.07. The quantitative estimate of drug-likeness (QED) is 0.596. The van der Waals surface area contributed by atoms with E-state index in [0.29, 0.717) is 6.54 Å². The summed E-state index contributed by atoms with van der Waals surface area (Å²) in [7, 11) is 0. The number of aromatic amines is 1. The number of anilines is 2. The molecule has 2 aliphatic heterocycles. The van der Waals surface area contributed by atoms with E-state index in [2.05, 4.69) is 38.1 Å². The minimum absolute atomic E-state index is 0.0757. The molecule has 2 unspecified atom stereocenters. The summed E-state index contributed by atoms with van der Waals surface area (Å²) in [4.78, 5) is 14.4. The number of aliphatic hydroxyl groups excluding tert-OH is 1. The molecule has 0 saturated carbocycles. The number of aliphatic hydroxyl groups is 1. The maximum atomic E-state index is 10.8. The minimum Gasteiger partial charge on any atom is -0.369 e. The summed E-state index contributed by atoms with van der Waals surface area (Å²) in [5.41, 5.74) is 5.00. The first-order valence-electron chi connectivity index (χ1n) is 10.5. The van der Waals surface area contributed by atoms with Crippen LogP contribution in [0.5, 0.6) is 0 Å². The van der Waals surface area contributed by atoms with E-state index < -0.39 is 6.35 Å². The highest BCUT2D eigenvalue weighted by atomic mass is 35.5. The topological polar surface area (TPSA) is 70.7 Å². The number of piperazine rings is 1. The number of fused-ring (bicyclic) bond motifs is 1. The van der Waals surface area contributed by atoms with E-state index in [1.54, 1.807) is 6.33 Å². The third-order valence-electron chi connectivity index (χ3n) is 6.32. The Labute approximate surface area is 181 Å². The van der Waals surface area contributed by atoms with E-state index in [1.807, 2.05) is 35.2 Å². The van der Waals surface area contributed by atoms with Gasteiger partial charge in [0.2, 0.25) is 0 Å². The lowest BCUT2D eigenvalue weighted by molar-refractivity contribution is 0.161. The average molecular weight is 427 g/mol. The number of nitrogens with zero attached hydrogens (tertiary/aromatic N) is 4. The molecule has 0 bridgehead atoms. The van der Waals surface area contributed by atoms with Gasteiger partial charge < -0.3 is 24.8 Å². The van der Waals surface area contributed by atoms with Gasteiger partial charge in [0.1, 0.15) is 0 Å². The molecular formula is C22H27ClN6O. The van der Waals surface area contributed by atoms with Gasteiger partial charge in [0.15, 0.2) is 6.35 Å². The summed E-state index contributed by atoms with van der Waals surface area (Å²) in [5, 5.41) is 14.7. The van der Waals surface area contributed by atoms with Crippen molar-refractivity contribution in [1.82, 2.24) is 20.2 Å². The summed E-state index contributed by atoms with van der Waals surface area (Å²) >= 11 is 6.77. The molecule has 0 aliphatic carbocycles. The molecule has 3 N–H and O–H groups in total. The van der Waals surface area contributed by atoms with Crippen molar-refractivity contribution in [1.29, 1.82) is 0 Å². The highest BCUT2D eigenvalue weighted by Gasteiger charge is 2.36. The molecule has 0 amide bonds. The van der Waals surface area contributed by atoms with Crippen LogP contribution in [0.1, 0.15) is 18.5 Å². The van der Waals surface area contributed by atoms with Crippen LogP contribution < -0.4 is 15.1 Å². The second-order valence-corrected chi connectivity index (χ2v) is 8.31. The standard InChI is InChI=1S/C22H27ClN6O/c1-2-27-8-10-28(11-9-27)19-5-3-4-16(23)21(19)20-13-24-22(30)29(20)15-6-7-17-18(12-15)26-14-25-17/h3-7,12,14,20,22,24,30H,2,8-11,13H2,1H3,(H,25,26). The van der Waals surface area contributed by atoms with E-state index in [0.717, 1.165) is 65.7 Å². The molecule has 0 spiro atoms. The molecule has 2 fully saturated rings. The largest absolute Gasteiger partial charge is 0.369 e. The Morgan fingerprint density at radius 1 is 1.17 bits per heavy atom. The zero-order valence-electron chi connectivity index (χ0n) is 17.1. The zero-order valence-corrected chi connectivity index (χ0v) is 17.8. The van der Waals surface area contributed by atoms with Gasteiger partial charge in [0.05, 0.1) is 23.4 Å². The van der Waals surface area contributed by atoms with Gasteiger partial charge in [-0.25, -0.2) is 4.98 Å². The lowest BCUT2D eigenvalue weighted by Crippen LogP contribution is -2.46. The Morgan fingerprint density at radius 3 is 2.80 bits per heavy atom. The van der Waals surface area contributed by atoms with Crippen LogP contribution in [0, 0.1) is 0 Å². The van der Waals surface area contributed by atoms with E-state index in [1.165, 1.54) is 0 Å². The summed E-state index contributed by atoms with van der Waals surface area (Å²) in [6, 6.07) is 12.1. The fourth-order valence-electron chi connectivity index (χ4n) is 4.67. The van der Waals surface area contributed by atoms with Crippen LogP contribution in [0.4, 0.5) is 11.4 Å². The van der Waals surface area contributed by atoms with Gasteiger partial charge >= 0.3 is 0 Å². The van der Waals surface area contributed by atoms with Crippen molar-refractivity contribution in [3.8, 4) is 0 Å². The van der Waals surface area contributed by atoms with Crippen molar-refractivity contribution in [3.05, 3.63) is 53.3 Å². The van der Waals surface area contributed by atoms with Crippen molar-refractivity contribution < 1.29 is 5.11 Å². The van der Waals surface area contributed by atoms with Gasteiger partial charge in [-0.3, -0.25) is 5.32 Å². The zero-order chi connectivity index (χ0) is 20.7. The Hall–Kier alpha value is -2.32. The summed E-state index contributed by atoms with van der Waals surface area (Å²) in [6.07, 6.45) is 0.906. The molecule has 7 nitrogen and oxygen atoms in total. The van der Waals surface area contributed by atoms with Crippen LogP contribution in [-0.2, 0) is 0 Å². The van der Waals surface area contributed by atoms with Crippen molar-refractivity contribution in [2.75, 3.05) is 49.1 Å². The molecule has 2 aliphatic rings. The number of aromatic nitrogens is 2. The number of hydrogen-bond donors (Lipinski definition) is 3. The number of hydrogen-bond acceptors (Lipinski definition) is 6. The summed E-state index contributed by atoms with van der Waals surface area (Å²) < 4.78 is 0. The van der Waals surface area contributed by atoms with Crippen LogP contribution in [0.3, 0.4) is 0 Å². The van der Waals surface area contributed by atoms with Gasteiger partial charge in [-0.15, -0.1) is 0 Å². The number of rotatable bonds is 4. The number of likely N-dealkylation sites (N-methyl/N-ethyl adjacent to an activating group) is 1. The van der Waals surface area contributed by atoms with Gasteiger partial charge in [0.25, 0.3) is 0 Å². The smallest absolute Gasteiger partial charge is 0.184 e. The average Bonchev–Trinajstić information content (AvgIpc) is 3.39. The molecule has 3 aromatic rings. The monoisotopic (exact) mass is 426 g/mol. The molecule has 2 atom stereocenters. The Bertz CT molecular complexity index is 1030. The first kappa shape index (κ1) is 19.6. The number of benzene rings is 2. The van der Waals surface area contributed by atoms with Crippen molar-refractivity contribution in [3.63, 3.8) is 0 Å². The molecule has 5 rings (SSSR count). The van der Waals surface area contributed by atoms with Gasteiger partial charge in [-0.05, 0) is 36.9 Å². The third kappa shape index (κ3) is 3.41. The van der Waals surface area contributed by atoms with Gasteiger partial charge in [-0.1, -0.05) is 24.6 Å². The molecule has 3 heterocycles. The van der Waals surface area contributed by atoms with Crippen molar-refractivity contribution in [2.45, 2.75) is 19.3 Å². The number of halogens is 1. The molecule has 158 valence electrons. The molecule has 0 radical (unpaired) electrons. The van der Waals surface area contributed by atoms with Gasteiger partial charge in [-0.2, -0.15) is 0 Å². The Balaban J connectivity index is 1.52. The maximum absolute atomic E-state index is 10.8. The fourth-order valence-corrected chi connectivity index (χ4v) is 4.96. The lowest BCUT2D eigenvalue weighted by Gasteiger charge is -2.38. The maximum Gasteiger partial charge on any atom is 0.184 e. The van der Waals surface area contributed by atoms with Crippen molar-refractivity contribution in [2.24, 2.45) is 0 Å². The summed E-state index contributed by atoms with van der Waals surface area (Å²) in [5.74, 6) is 0. The van der Waals surface area contributed by atoms with Crippen LogP contribution in [0.2, 0.25) is 5.02 Å². The summed E-state index contributed by atoms with van der Waals surface area (Å²) in [6.45, 7) is 7.96. The molecule has 2 aromatic carbocycles. The highest BCUT2D eigenvalue weighted by Crippen LogP contribution is 2.41. The van der Waals surface area contributed by atoms with Crippen LogP contribution in [0.15, 0.2) is 42.7 Å². The molecular weight excluding hydrogens is 400 g/mol. The molecule has 1 aromatic heterocycles. The minimum atomic E-state index is -0.781. The van der Waals surface area contributed by atoms with E-state index in [4.69, 9.17) is 11.6 Å². The van der Waals surface area contributed by atoms with Crippen LogP contribution >= 0.6 is 11.6 Å². The van der Waals surface area contributed by atoms with E-state index >= 15 is 0 Å². The molecule has 2 saturated heterocycles. The van der Waals surface area contributed by atoms with Gasteiger partial charge in [0, 0.05) is 54.7 Å². The first-order chi connectivity index (χ1) is 14.7. The highest BCUT2D eigenvalue weighted by molar-refractivity contribution is 6.31. The Kier molecular flexibility index (Phi) is 5.28. The number of nitrogens with one attached hydrogen (secondary N) is 2. The molecule has 30 heavy (non-hydrogen) atoms. The van der Waals surface area contributed by atoms with Crippen LogP contribution in [-0.4, -0.2) is 65.6 Å². The number of H-pyrrole nitrogens is 1. The second-order valence-electron chi connectivity index (χ2n) is 7.90. The van der Waals surface area contributed by atoms with Crippen LogP contribution in [0.25, 0.3) is 11.0 Å². The number of imidazole rings is 1. The predicted octanol–water partition coefficient (Wildman–Crippen LogP) is 2.79. The van der Waals surface area contributed by atoms with E-state index in [9.17, 15) is 5.11 Å². The lowest BCUT2D eigenvalue weighted by atomic mass is 10.0.